The number of likely N-dealkylation sites (tertiary alicyclic amines) is 1. The third-order valence-electron chi connectivity index (χ3n) is 5.03. The Bertz CT molecular complexity index is 634. The molecule has 1 aliphatic rings. The maximum absolute atomic E-state index is 6.05. The smallest absolute Gasteiger partial charge is 0.119 e. The summed E-state index contributed by atoms with van der Waals surface area (Å²) in [5, 5.41) is 5.84. The van der Waals surface area contributed by atoms with Gasteiger partial charge in [0.2, 0.25) is 0 Å². The molecule has 2 heterocycles. The molecule has 0 spiro atoms. The van der Waals surface area contributed by atoms with Gasteiger partial charge in [-0.3, -0.25) is 4.90 Å². The molecule has 4 nitrogen and oxygen atoms in total. The largest absolute Gasteiger partial charge is 0.489 e. The van der Waals surface area contributed by atoms with Crippen LogP contribution in [-0.4, -0.2) is 41.7 Å². The Morgan fingerprint density at radius 2 is 1.92 bits per heavy atom. The summed E-state index contributed by atoms with van der Waals surface area (Å²) in [5.41, 5.74) is 4.47. The van der Waals surface area contributed by atoms with E-state index in [9.17, 15) is 0 Å². The van der Waals surface area contributed by atoms with E-state index in [4.69, 9.17) is 4.74 Å². The first-order valence-corrected chi connectivity index (χ1v) is 10.6. The Kier molecular flexibility index (Phi) is 7.06. The van der Waals surface area contributed by atoms with Crippen LogP contribution < -0.4 is 10.1 Å². The van der Waals surface area contributed by atoms with Crippen molar-refractivity contribution in [1.29, 1.82) is 0 Å². The number of benzene rings is 1. The van der Waals surface area contributed by atoms with Gasteiger partial charge in [-0.1, -0.05) is 26.0 Å². The van der Waals surface area contributed by atoms with Crippen LogP contribution in [0.5, 0.6) is 5.75 Å². The number of piperidine rings is 1. The number of nitrogens with one attached hydrogen (secondary N) is 1. The van der Waals surface area contributed by atoms with E-state index in [1.54, 1.807) is 11.3 Å². The summed E-state index contributed by atoms with van der Waals surface area (Å²) in [6.07, 6.45) is 2.56. The maximum Gasteiger partial charge on any atom is 0.119 e. The predicted molar refractivity (Wildman–Crippen MR) is 109 cm³/mol. The van der Waals surface area contributed by atoms with Gasteiger partial charge in [0, 0.05) is 37.6 Å². The van der Waals surface area contributed by atoms with Crippen LogP contribution in [0.2, 0.25) is 0 Å². The van der Waals surface area contributed by atoms with Crippen molar-refractivity contribution in [2.24, 2.45) is 0 Å². The van der Waals surface area contributed by atoms with Gasteiger partial charge in [0.05, 0.1) is 11.2 Å². The van der Waals surface area contributed by atoms with E-state index in [0.717, 1.165) is 31.9 Å². The molecule has 3 rings (SSSR count). The van der Waals surface area contributed by atoms with Crippen LogP contribution in [0.15, 0.2) is 35.2 Å². The molecule has 1 fully saturated rings. The van der Waals surface area contributed by atoms with Gasteiger partial charge >= 0.3 is 0 Å². The quantitative estimate of drug-likeness (QED) is 0.749. The number of aromatic nitrogens is 1. The Hall–Kier alpha value is -1.43. The zero-order chi connectivity index (χ0) is 18.4. The second-order valence-corrected chi connectivity index (χ2v) is 8.31. The van der Waals surface area contributed by atoms with Crippen LogP contribution >= 0.6 is 11.3 Å². The monoisotopic (exact) mass is 373 g/mol. The normalized spacial score (nSPS) is 17.5. The lowest BCUT2D eigenvalue weighted by Gasteiger charge is -2.32. The lowest BCUT2D eigenvalue weighted by molar-refractivity contribution is 0.169. The second kappa shape index (κ2) is 9.49. The van der Waals surface area contributed by atoms with Gasteiger partial charge in [-0.05, 0) is 43.4 Å². The zero-order valence-corrected chi connectivity index (χ0v) is 17.0. The van der Waals surface area contributed by atoms with E-state index in [2.05, 4.69) is 65.6 Å². The molecule has 142 valence electrons. The highest BCUT2D eigenvalue weighted by atomic mass is 32.1. The van der Waals surface area contributed by atoms with Crippen molar-refractivity contribution in [1.82, 2.24) is 15.2 Å². The fraction of sp³-hybridized carbons (Fsp3) is 0.571. The summed E-state index contributed by atoms with van der Waals surface area (Å²) in [6.45, 7) is 10.7. The maximum atomic E-state index is 6.05. The van der Waals surface area contributed by atoms with Crippen molar-refractivity contribution in [3.8, 4) is 5.75 Å². The molecule has 2 aromatic rings. The average molecular weight is 374 g/mol. The van der Waals surface area contributed by atoms with Gasteiger partial charge in [-0.2, -0.15) is 0 Å². The van der Waals surface area contributed by atoms with E-state index < -0.39 is 0 Å². The zero-order valence-electron chi connectivity index (χ0n) is 16.1. The third kappa shape index (κ3) is 5.79. The Morgan fingerprint density at radius 1 is 1.19 bits per heavy atom. The van der Waals surface area contributed by atoms with Crippen LogP contribution in [0.3, 0.4) is 0 Å². The van der Waals surface area contributed by atoms with Crippen molar-refractivity contribution in [2.45, 2.75) is 58.2 Å². The van der Waals surface area contributed by atoms with Gasteiger partial charge in [-0.15, -0.1) is 11.3 Å². The second-order valence-electron chi connectivity index (χ2n) is 7.59. The lowest BCUT2D eigenvalue weighted by atomic mass is 10.0. The minimum Gasteiger partial charge on any atom is -0.489 e. The standard InChI is InChI=1S/C21H31N3OS/c1-16(2)18-4-6-21(7-5-18)25-17(3)12-22-19-8-10-24(11-9-19)13-20-14-26-15-23-20/h4-7,14-17,19,22H,8-13H2,1-3H3. The molecular formula is C21H31N3OS. The van der Waals surface area contributed by atoms with Crippen molar-refractivity contribution in [2.75, 3.05) is 19.6 Å². The fourth-order valence-corrected chi connectivity index (χ4v) is 3.93. The molecule has 1 atom stereocenters. The number of rotatable bonds is 8. The van der Waals surface area contributed by atoms with Crippen LogP contribution in [0, 0.1) is 0 Å². The van der Waals surface area contributed by atoms with Crippen molar-refractivity contribution in [3.63, 3.8) is 0 Å². The van der Waals surface area contributed by atoms with Crippen LogP contribution in [0.25, 0.3) is 0 Å². The summed E-state index contributed by atoms with van der Waals surface area (Å²) in [4.78, 5) is 6.89. The first-order valence-electron chi connectivity index (χ1n) is 9.69. The number of hydrogen-bond acceptors (Lipinski definition) is 5. The molecule has 1 aromatic carbocycles. The molecule has 0 aliphatic carbocycles. The lowest BCUT2D eigenvalue weighted by Crippen LogP contribution is -2.44. The van der Waals surface area contributed by atoms with Crippen molar-refractivity contribution < 1.29 is 4.74 Å². The van der Waals surface area contributed by atoms with E-state index in [0.29, 0.717) is 12.0 Å². The number of nitrogens with zero attached hydrogens (tertiary/aromatic N) is 2. The molecule has 1 aliphatic heterocycles. The molecule has 26 heavy (non-hydrogen) atoms. The Balaban J connectivity index is 1.35. The molecule has 0 bridgehead atoms. The number of thiazole rings is 1. The minimum atomic E-state index is 0.174. The van der Waals surface area contributed by atoms with Crippen LogP contribution in [0.1, 0.15) is 50.8 Å². The highest BCUT2D eigenvalue weighted by Gasteiger charge is 2.20. The van der Waals surface area contributed by atoms with E-state index in [1.165, 1.54) is 24.1 Å². The number of ether oxygens (including phenoxy) is 1. The average Bonchev–Trinajstić information content (AvgIpc) is 3.15. The molecule has 0 radical (unpaired) electrons. The van der Waals surface area contributed by atoms with Gasteiger partial charge in [0.1, 0.15) is 11.9 Å². The first-order chi connectivity index (χ1) is 12.6. The summed E-state index contributed by atoms with van der Waals surface area (Å²) in [6, 6.07) is 9.10. The third-order valence-corrected chi connectivity index (χ3v) is 5.67. The summed E-state index contributed by atoms with van der Waals surface area (Å²) in [5.74, 6) is 1.52. The molecule has 0 amide bonds. The summed E-state index contributed by atoms with van der Waals surface area (Å²) < 4.78 is 6.05. The summed E-state index contributed by atoms with van der Waals surface area (Å²) >= 11 is 1.68. The molecule has 1 unspecified atom stereocenters. The first kappa shape index (κ1) is 19.3. The van der Waals surface area contributed by atoms with E-state index >= 15 is 0 Å². The predicted octanol–water partition coefficient (Wildman–Crippen LogP) is 4.29. The molecule has 0 saturated carbocycles. The van der Waals surface area contributed by atoms with Crippen LogP contribution in [-0.2, 0) is 6.54 Å². The van der Waals surface area contributed by atoms with E-state index in [-0.39, 0.29) is 6.10 Å². The Labute approximate surface area is 161 Å². The Morgan fingerprint density at radius 3 is 2.54 bits per heavy atom. The molecule has 5 heteroatoms. The SMILES string of the molecule is CC(CNC1CCN(Cc2cscn2)CC1)Oc1ccc(C(C)C)cc1. The van der Waals surface area contributed by atoms with Crippen LogP contribution in [0.4, 0.5) is 0 Å². The fourth-order valence-electron chi connectivity index (χ4n) is 3.38. The highest BCUT2D eigenvalue weighted by Crippen LogP contribution is 2.19. The minimum absolute atomic E-state index is 0.174. The molecular weight excluding hydrogens is 342 g/mol. The van der Waals surface area contributed by atoms with Gasteiger partial charge in [0.15, 0.2) is 0 Å². The van der Waals surface area contributed by atoms with Gasteiger partial charge in [0.25, 0.3) is 0 Å². The van der Waals surface area contributed by atoms with Crippen molar-refractivity contribution >= 4 is 11.3 Å². The molecule has 1 N–H and O–H groups in total. The topological polar surface area (TPSA) is 37.4 Å². The molecule has 1 aromatic heterocycles. The van der Waals surface area contributed by atoms with Gasteiger partial charge in [-0.25, -0.2) is 4.98 Å². The van der Waals surface area contributed by atoms with Gasteiger partial charge < -0.3 is 10.1 Å². The number of hydrogen-bond donors (Lipinski definition) is 1. The highest BCUT2D eigenvalue weighted by molar-refractivity contribution is 7.07. The summed E-state index contributed by atoms with van der Waals surface area (Å²) in [7, 11) is 0. The van der Waals surface area contributed by atoms with E-state index in [1.807, 2.05) is 5.51 Å². The molecule has 1 saturated heterocycles. The van der Waals surface area contributed by atoms with Crippen molar-refractivity contribution in [3.05, 3.63) is 46.4 Å².